The lowest BCUT2D eigenvalue weighted by Gasteiger charge is -2.07. The summed E-state index contributed by atoms with van der Waals surface area (Å²) in [6.07, 6.45) is 0. The van der Waals surface area contributed by atoms with Crippen molar-refractivity contribution in [3.05, 3.63) is 63.8 Å². The van der Waals surface area contributed by atoms with E-state index in [1.807, 2.05) is 62.4 Å². The molecule has 0 saturated carbocycles. The van der Waals surface area contributed by atoms with E-state index in [1.165, 1.54) is 16.2 Å². The summed E-state index contributed by atoms with van der Waals surface area (Å²) in [7, 11) is 0. The molecule has 0 fully saturated rings. The largest absolute Gasteiger partial charge is 0.321 e. The molecule has 1 amide bonds. The van der Waals surface area contributed by atoms with E-state index >= 15 is 0 Å². The molecule has 0 atom stereocenters. The van der Waals surface area contributed by atoms with Gasteiger partial charge in [-0.2, -0.15) is 0 Å². The zero-order valence-electron chi connectivity index (χ0n) is 11.4. The van der Waals surface area contributed by atoms with Crippen LogP contribution in [0.1, 0.15) is 20.1 Å². The Morgan fingerprint density at radius 2 is 1.80 bits per heavy atom. The number of aryl methyl sites for hydroxylation is 2. The highest BCUT2D eigenvalue weighted by Gasteiger charge is 2.11. The molecule has 0 aliphatic rings. The predicted octanol–water partition coefficient (Wildman–Crippen LogP) is 4.77. The zero-order chi connectivity index (χ0) is 14.1. The smallest absolute Gasteiger partial charge is 0.265 e. The van der Waals surface area contributed by atoms with Crippen molar-refractivity contribution in [2.75, 3.05) is 5.32 Å². The van der Waals surface area contributed by atoms with Crippen LogP contribution in [0.25, 0.3) is 10.8 Å². The van der Waals surface area contributed by atoms with Crippen LogP contribution >= 0.6 is 11.3 Å². The molecule has 0 aliphatic carbocycles. The summed E-state index contributed by atoms with van der Waals surface area (Å²) < 4.78 is 0. The molecule has 3 aromatic rings. The summed E-state index contributed by atoms with van der Waals surface area (Å²) in [5, 5.41) is 5.21. The third-order valence-corrected chi connectivity index (χ3v) is 4.58. The van der Waals surface area contributed by atoms with Crippen LogP contribution in [-0.2, 0) is 0 Å². The number of thiophene rings is 1. The van der Waals surface area contributed by atoms with Gasteiger partial charge in [0.1, 0.15) is 0 Å². The lowest BCUT2D eigenvalue weighted by molar-refractivity contribution is 0.103. The number of carbonyl (C=O) groups is 1. The number of benzene rings is 2. The van der Waals surface area contributed by atoms with E-state index in [4.69, 9.17) is 0 Å². The van der Waals surface area contributed by atoms with E-state index in [0.29, 0.717) is 0 Å². The molecule has 0 unspecified atom stereocenters. The Hall–Kier alpha value is -2.13. The van der Waals surface area contributed by atoms with Crippen molar-refractivity contribution in [2.24, 2.45) is 0 Å². The quantitative estimate of drug-likeness (QED) is 0.720. The minimum Gasteiger partial charge on any atom is -0.321 e. The summed E-state index contributed by atoms with van der Waals surface area (Å²) in [4.78, 5) is 14.3. The number of rotatable bonds is 2. The summed E-state index contributed by atoms with van der Waals surface area (Å²) in [6.45, 7) is 4.06. The Kier molecular flexibility index (Phi) is 3.28. The molecule has 3 heteroatoms. The molecular formula is C17H15NOS. The van der Waals surface area contributed by atoms with Crippen molar-refractivity contribution in [1.29, 1.82) is 0 Å². The van der Waals surface area contributed by atoms with Crippen molar-refractivity contribution in [1.82, 2.24) is 0 Å². The highest BCUT2D eigenvalue weighted by atomic mass is 32.1. The average molecular weight is 281 g/mol. The van der Waals surface area contributed by atoms with E-state index in [-0.39, 0.29) is 5.91 Å². The Morgan fingerprint density at radius 1 is 1.05 bits per heavy atom. The van der Waals surface area contributed by atoms with Gasteiger partial charge < -0.3 is 5.32 Å². The van der Waals surface area contributed by atoms with Crippen LogP contribution in [0.3, 0.4) is 0 Å². The van der Waals surface area contributed by atoms with Gasteiger partial charge in [0.25, 0.3) is 5.91 Å². The first kappa shape index (κ1) is 12.9. The van der Waals surface area contributed by atoms with Gasteiger partial charge in [0.15, 0.2) is 0 Å². The minimum atomic E-state index is -0.0393. The topological polar surface area (TPSA) is 29.1 Å². The monoisotopic (exact) mass is 281 g/mol. The maximum Gasteiger partial charge on any atom is 0.265 e. The number of amides is 1. The SMILES string of the molecule is Cc1cc(C(=O)Nc2cccc3ccccc23)sc1C. The fourth-order valence-electron chi connectivity index (χ4n) is 2.20. The molecule has 20 heavy (non-hydrogen) atoms. The van der Waals surface area contributed by atoms with Crippen LogP contribution in [0.5, 0.6) is 0 Å². The molecule has 0 bridgehead atoms. The highest BCUT2D eigenvalue weighted by molar-refractivity contribution is 7.14. The average Bonchev–Trinajstić information content (AvgIpc) is 2.79. The predicted molar refractivity (Wildman–Crippen MR) is 85.7 cm³/mol. The number of hydrogen-bond donors (Lipinski definition) is 1. The summed E-state index contributed by atoms with van der Waals surface area (Å²) in [5.74, 6) is -0.0393. The first-order valence-corrected chi connectivity index (χ1v) is 7.33. The van der Waals surface area contributed by atoms with E-state index < -0.39 is 0 Å². The fourth-order valence-corrected chi connectivity index (χ4v) is 3.13. The van der Waals surface area contributed by atoms with Crippen LogP contribution in [0, 0.1) is 13.8 Å². The molecule has 3 rings (SSSR count). The first-order valence-electron chi connectivity index (χ1n) is 6.51. The van der Waals surface area contributed by atoms with Gasteiger partial charge in [0.2, 0.25) is 0 Å². The molecular weight excluding hydrogens is 266 g/mol. The Balaban J connectivity index is 1.95. The molecule has 0 radical (unpaired) electrons. The summed E-state index contributed by atoms with van der Waals surface area (Å²) in [6, 6.07) is 15.9. The van der Waals surface area contributed by atoms with Crippen LogP contribution < -0.4 is 5.32 Å². The third kappa shape index (κ3) is 2.32. The normalized spacial score (nSPS) is 10.7. The van der Waals surface area contributed by atoms with Gasteiger partial charge in [-0.3, -0.25) is 4.79 Å². The van der Waals surface area contributed by atoms with Crippen LogP contribution in [0.15, 0.2) is 48.5 Å². The van der Waals surface area contributed by atoms with Crippen molar-refractivity contribution in [3.63, 3.8) is 0 Å². The number of hydrogen-bond acceptors (Lipinski definition) is 2. The number of fused-ring (bicyclic) bond motifs is 1. The van der Waals surface area contributed by atoms with E-state index in [1.54, 1.807) is 0 Å². The highest BCUT2D eigenvalue weighted by Crippen LogP contribution is 2.25. The van der Waals surface area contributed by atoms with Gasteiger partial charge >= 0.3 is 0 Å². The van der Waals surface area contributed by atoms with Gasteiger partial charge in [-0.15, -0.1) is 11.3 Å². The summed E-state index contributed by atoms with van der Waals surface area (Å²) in [5.41, 5.74) is 2.02. The van der Waals surface area contributed by atoms with Crippen molar-refractivity contribution >= 4 is 33.7 Å². The standard InChI is InChI=1S/C17H15NOS/c1-11-10-16(20-12(11)2)17(19)18-15-9-5-7-13-6-3-4-8-14(13)15/h3-10H,1-2H3,(H,18,19). The second kappa shape index (κ2) is 5.10. The molecule has 1 aromatic heterocycles. The Labute approximate surface area is 122 Å². The van der Waals surface area contributed by atoms with E-state index in [0.717, 1.165) is 26.9 Å². The third-order valence-electron chi connectivity index (χ3n) is 3.43. The van der Waals surface area contributed by atoms with Gasteiger partial charge in [-0.25, -0.2) is 0 Å². The molecule has 0 aliphatic heterocycles. The second-order valence-corrected chi connectivity index (χ2v) is 6.09. The molecule has 1 N–H and O–H groups in total. The fraction of sp³-hybridized carbons (Fsp3) is 0.118. The molecule has 2 nitrogen and oxygen atoms in total. The molecule has 0 spiro atoms. The molecule has 100 valence electrons. The van der Waals surface area contributed by atoms with Gasteiger partial charge in [0.05, 0.1) is 4.88 Å². The van der Waals surface area contributed by atoms with Crippen LogP contribution in [0.4, 0.5) is 5.69 Å². The summed E-state index contributed by atoms with van der Waals surface area (Å²) >= 11 is 1.54. The number of anilines is 1. The van der Waals surface area contributed by atoms with E-state index in [2.05, 4.69) is 5.32 Å². The lowest BCUT2D eigenvalue weighted by Crippen LogP contribution is -2.10. The van der Waals surface area contributed by atoms with Crippen LogP contribution in [-0.4, -0.2) is 5.91 Å². The zero-order valence-corrected chi connectivity index (χ0v) is 12.3. The first-order chi connectivity index (χ1) is 9.65. The minimum absolute atomic E-state index is 0.0393. The van der Waals surface area contributed by atoms with Gasteiger partial charge in [0, 0.05) is 16.0 Å². The van der Waals surface area contributed by atoms with Gasteiger partial charge in [-0.1, -0.05) is 36.4 Å². The molecule has 1 heterocycles. The van der Waals surface area contributed by atoms with Crippen molar-refractivity contribution in [3.8, 4) is 0 Å². The van der Waals surface area contributed by atoms with Gasteiger partial charge in [-0.05, 0) is 36.9 Å². The Bertz CT molecular complexity index is 764. The maximum absolute atomic E-state index is 12.3. The van der Waals surface area contributed by atoms with Crippen LogP contribution in [0.2, 0.25) is 0 Å². The van der Waals surface area contributed by atoms with E-state index in [9.17, 15) is 4.79 Å². The molecule has 2 aromatic carbocycles. The number of nitrogens with one attached hydrogen (secondary N) is 1. The van der Waals surface area contributed by atoms with Crippen molar-refractivity contribution in [2.45, 2.75) is 13.8 Å². The maximum atomic E-state index is 12.3. The number of carbonyl (C=O) groups excluding carboxylic acids is 1. The Morgan fingerprint density at radius 3 is 2.55 bits per heavy atom. The second-order valence-electron chi connectivity index (χ2n) is 4.83. The van der Waals surface area contributed by atoms with Crippen molar-refractivity contribution < 1.29 is 4.79 Å². The molecule has 0 saturated heterocycles. The lowest BCUT2D eigenvalue weighted by atomic mass is 10.1.